The lowest BCUT2D eigenvalue weighted by Gasteiger charge is -2.10. The number of alkyl halides is 3. The summed E-state index contributed by atoms with van der Waals surface area (Å²) in [6.07, 6.45) is -1.55. The fourth-order valence-electron chi connectivity index (χ4n) is 1.93. The van der Waals surface area contributed by atoms with Gasteiger partial charge in [0.25, 0.3) is 0 Å². The van der Waals surface area contributed by atoms with Crippen LogP contribution in [0.4, 0.5) is 13.2 Å². The first-order chi connectivity index (χ1) is 9.95. The number of benzene rings is 1. The van der Waals surface area contributed by atoms with Gasteiger partial charge in [-0.3, -0.25) is 0 Å². The summed E-state index contributed by atoms with van der Waals surface area (Å²) in [5.74, 6) is 0. The topological polar surface area (TPSA) is 67.6 Å². The number of nitrogens with zero attached hydrogens (tertiary/aromatic N) is 3. The molecular weight excluding hydrogens is 281 g/mol. The van der Waals surface area contributed by atoms with Crippen molar-refractivity contribution in [3.8, 4) is 11.8 Å². The molecular formula is C14H13F3N4. The number of aryl methyl sites for hydroxylation is 1. The van der Waals surface area contributed by atoms with Crippen molar-refractivity contribution in [2.45, 2.75) is 19.0 Å². The van der Waals surface area contributed by atoms with Crippen molar-refractivity contribution >= 4 is 0 Å². The number of nitrogens with two attached hydrogens (primary N) is 1. The summed E-state index contributed by atoms with van der Waals surface area (Å²) in [7, 11) is 0. The number of halogens is 3. The number of hydrogen-bond acceptors (Lipinski definition) is 3. The lowest BCUT2D eigenvalue weighted by atomic mass is 10.1. The highest BCUT2D eigenvalue weighted by Gasteiger charge is 2.34. The highest BCUT2D eigenvalue weighted by atomic mass is 19.4. The second kappa shape index (κ2) is 5.97. The average Bonchev–Trinajstić information content (AvgIpc) is 2.92. The van der Waals surface area contributed by atoms with E-state index in [-0.39, 0.29) is 5.69 Å². The molecule has 0 aliphatic rings. The Morgan fingerprint density at radius 3 is 2.67 bits per heavy atom. The minimum Gasteiger partial charge on any atom is -0.330 e. The van der Waals surface area contributed by atoms with Crippen LogP contribution < -0.4 is 5.73 Å². The molecule has 0 atom stereocenters. The summed E-state index contributed by atoms with van der Waals surface area (Å²) < 4.78 is 40.1. The highest BCUT2D eigenvalue weighted by Crippen LogP contribution is 2.33. The van der Waals surface area contributed by atoms with Crippen LogP contribution in [0.3, 0.4) is 0 Å². The largest absolute Gasteiger partial charge is 0.417 e. The first-order valence-corrected chi connectivity index (χ1v) is 6.32. The third kappa shape index (κ3) is 3.41. The maximum absolute atomic E-state index is 12.9. The number of aromatic nitrogens is 2. The van der Waals surface area contributed by atoms with Gasteiger partial charge in [0.1, 0.15) is 0 Å². The van der Waals surface area contributed by atoms with Gasteiger partial charge in [-0.1, -0.05) is 0 Å². The fraction of sp³-hybridized carbons (Fsp3) is 0.286. The van der Waals surface area contributed by atoms with Gasteiger partial charge >= 0.3 is 6.18 Å². The molecule has 0 aliphatic heterocycles. The molecule has 21 heavy (non-hydrogen) atoms. The van der Waals surface area contributed by atoms with Crippen molar-refractivity contribution in [2.75, 3.05) is 6.54 Å². The van der Waals surface area contributed by atoms with Crippen molar-refractivity contribution in [3.63, 3.8) is 0 Å². The van der Waals surface area contributed by atoms with E-state index in [0.29, 0.717) is 13.0 Å². The third-order valence-electron chi connectivity index (χ3n) is 2.97. The zero-order valence-electron chi connectivity index (χ0n) is 11.1. The lowest BCUT2D eigenvalue weighted by Crippen LogP contribution is -2.09. The molecule has 1 heterocycles. The maximum Gasteiger partial charge on any atom is 0.417 e. The van der Waals surface area contributed by atoms with Crippen molar-refractivity contribution < 1.29 is 13.2 Å². The molecule has 0 fully saturated rings. The normalized spacial score (nSPS) is 11.4. The van der Waals surface area contributed by atoms with Crippen molar-refractivity contribution in [2.24, 2.45) is 5.73 Å². The van der Waals surface area contributed by atoms with Crippen LogP contribution in [0.25, 0.3) is 5.69 Å². The Bertz CT molecular complexity index is 668. The Hall–Kier alpha value is -2.33. The van der Waals surface area contributed by atoms with Crippen LogP contribution in [0, 0.1) is 11.3 Å². The summed E-state index contributed by atoms with van der Waals surface area (Å²) in [5, 5.41) is 13.0. The molecule has 1 aromatic heterocycles. The Kier molecular flexibility index (Phi) is 4.29. The fourth-order valence-corrected chi connectivity index (χ4v) is 1.93. The third-order valence-corrected chi connectivity index (χ3v) is 2.97. The number of nitriles is 1. The molecule has 0 unspecified atom stereocenters. The van der Waals surface area contributed by atoms with E-state index >= 15 is 0 Å². The first kappa shape index (κ1) is 15.1. The quantitative estimate of drug-likeness (QED) is 0.942. The molecule has 0 bridgehead atoms. The Morgan fingerprint density at radius 2 is 2.05 bits per heavy atom. The van der Waals surface area contributed by atoms with Crippen LogP contribution in [0.5, 0.6) is 0 Å². The van der Waals surface area contributed by atoms with Gasteiger partial charge in [0.05, 0.1) is 28.6 Å². The van der Waals surface area contributed by atoms with Crippen LogP contribution in [0.15, 0.2) is 30.5 Å². The van der Waals surface area contributed by atoms with E-state index in [4.69, 9.17) is 11.0 Å². The monoisotopic (exact) mass is 294 g/mol. The molecule has 2 rings (SSSR count). The summed E-state index contributed by atoms with van der Waals surface area (Å²) in [4.78, 5) is 0. The van der Waals surface area contributed by atoms with Crippen molar-refractivity contribution in [1.82, 2.24) is 9.78 Å². The molecule has 4 nitrogen and oxygen atoms in total. The second-order valence-corrected chi connectivity index (χ2v) is 4.48. The minimum atomic E-state index is -4.57. The molecule has 0 radical (unpaired) electrons. The summed E-state index contributed by atoms with van der Waals surface area (Å²) >= 11 is 0. The first-order valence-electron chi connectivity index (χ1n) is 6.32. The number of rotatable bonds is 4. The van der Waals surface area contributed by atoms with E-state index in [1.165, 1.54) is 10.7 Å². The van der Waals surface area contributed by atoms with E-state index in [1.54, 1.807) is 18.3 Å². The Morgan fingerprint density at radius 1 is 1.29 bits per heavy atom. The molecule has 110 valence electrons. The summed E-state index contributed by atoms with van der Waals surface area (Å²) in [6, 6.07) is 6.81. The van der Waals surface area contributed by atoms with Crippen molar-refractivity contribution in [3.05, 3.63) is 47.3 Å². The van der Waals surface area contributed by atoms with Gasteiger partial charge in [-0.05, 0) is 43.7 Å². The zero-order valence-corrected chi connectivity index (χ0v) is 11.1. The van der Waals surface area contributed by atoms with Gasteiger partial charge in [-0.25, -0.2) is 4.68 Å². The van der Waals surface area contributed by atoms with Gasteiger partial charge in [0, 0.05) is 6.20 Å². The molecule has 2 N–H and O–H groups in total. The molecule has 7 heteroatoms. The predicted octanol–water partition coefficient (Wildman–Crippen LogP) is 2.65. The minimum absolute atomic E-state index is 0.264. The van der Waals surface area contributed by atoms with Crippen LogP contribution in [-0.4, -0.2) is 16.3 Å². The average molecular weight is 294 g/mol. The van der Waals surface area contributed by atoms with Crippen molar-refractivity contribution in [1.29, 1.82) is 5.26 Å². The number of hydrogen-bond donors (Lipinski definition) is 1. The van der Waals surface area contributed by atoms with E-state index in [0.717, 1.165) is 24.2 Å². The Balaban J connectivity index is 2.37. The maximum atomic E-state index is 12.9. The molecule has 1 aromatic carbocycles. The molecule has 0 aliphatic carbocycles. The molecule has 0 saturated heterocycles. The van der Waals surface area contributed by atoms with E-state index in [1.807, 2.05) is 0 Å². The van der Waals surface area contributed by atoms with Gasteiger partial charge < -0.3 is 5.73 Å². The van der Waals surface area contributed by atoms with Gasteiger partial charge in [0.2, 0.25) is 0 Å². The summed E-state index contributed by atoms with van der Waals surface area (Å²) in [6.45, 7) is 0.530. The molecule has 2 aromatic rings. The Labute approximate surface area is 119 Å². The predicted molar refractivity (Wildman–Crippen MR) is 70.7 cm³/mol. The van der Waals surface area contributed by atoms with Gasteiger partial charge in [-0.15, -0.1) is 0 Å². The second-order valence-electron chi connectivity index (χ2n) is 4.48. The zero-order chi connectivity index (χ0) is 15.5. The standard InChI is InChI=1S/C14H13F3N4/c15-14(16,17)13-8-12(4-3-10(13)9-19)21-7-5-11(20-21)2-1-6-18/h3-5,7-8H,1-2,6,18H2. The van der Waals surface area contributed by atoms with Crippen LogP contribution >= 0.6 is 0 Å². The lowest BCUT2D eigenvalue weighted by molar-refractivity contribution is -0.137. The van der Waals surface area contributed by atoms with Crippen LogP contribution in [0.1, 0.15) is 23.2 Å². The van der Waals surface area contributed by atoms with E-state index in [2.05, 4.69) is 5.10 Å². The van der Waals surface area contributed by atoms with E-state index in [9.17, 15) is 13.2 Å². The molecule has 0 saturated carbocycles. The SMILES string of the molecule is N#Cc1ccc(-n2ccc(CCCN)n2)cc1C(F)(F)F. The van der Waals surface area contributed by atoms with Gasteiger partial charge in [-0.2, -0.15) is 23.5 Å². The van der Waals surface area contributed by atoms with Crippen LogP contribution in [-0.2, 0) is 12.6 Å². The summed E-state index contributed by atoms with van der Waals surface area (Å²) in [5.41, 5.74) is 5.07. The highest BCUT2D eigenvalue weighted by molar-refractivity contribution is 5.47. The van der Waals surface area contributed by atoms with E-state index < -0.39 is 17.3 Å². The van der Waals surface area contributed by atoms with Crippen LogP contribution in [0.2, 0.25) is 0 Å². The molecule has 0 amide bonds. The van der Waals surface area contributed by atoms with Gasteiger partial charge in [0.15, 0.2) is 0 Å². The smallest absolute Gasteiger partial charge is 0.330 e. The molecule has 0 spiro atoms.